The van der Waals surface area contributed by atoms with Gasteiger partial charge in [-0.2, -0.15) is 0 Å². The second-order valence-corrected chi connectivity index (χ2v) is 6.36. The van der Waals surface area contributed by atoms with Crippen molar-refractivity contribution in [2.75, 3.05) is 26.2 Å². The highest BCUT2D eigenvalue weighted by molar-refractivity contribution is 5.94. The Morgan fingerprint density at radius 1 is 1.36 bits per heavy atom. The highest BCUT2D eigenvalue weighted by atomic mass is 16.5. The molecule has 22 heavy (non-hydrogen) atoms. The molecule has 1 saturated heterocycles. The fraction of sp³-hybridized carbons (Fsp3) is 0.611. The van der Waals surface area contributed by atoms with E-state index in [1.54, 1.807) is 0 Å². The molecule has 1 aromatic rings. The van der Waals surface area contributed by atoms with E-state index in [2.05, 4.69) is 17.1 Å². The molecular formula is C18H26N2O2. The number of amides is 1. The number of hydrogen-bond donors (Lipinski definition) is 1. The van der Waals surface area contributed by atoms with E-state index in [-0.39, 0.29) is 5.91 Å². The highest BCUT2D eigenvalue weighted by Crippen LogP contribution is 2.26. The summed E-state index contributed by atoms with van der Waals surface area (Å²) in [6, 6.07) is 6.09. The molecule has 0 bridgehead atoms. The van der Waals surface area contributed by atoms with Gasteiger partial charge >= 0.3 is 0 Å². The van der Waals surface area contributed by atoms with Crippen LogP contribution in [-0.2, 0) is 6.42 Å². The fourth-order valence-corrected chi connectivity index (χ4v) is 3.28. The van der Waals surface area contributed by atoms with Crippen LogP contribution in [0.25, 0.3) is 0 Å². The molecular weight excluding hydrogens is 276 g/mol. The number of nitrogens with one attached hydrogen (secondary N) is 1. The summed E-state index contributed by atoms with van der Waals surface area (Å²) in [7, 11) is 0. The van der Waals surface area contributed by atoms with E-state index >= 15 is 0 Å². The first-order valence-corrected chi connectivity index (χ1v) is 8.55. The average molecular weight is 302 g/mol. The summed E-state index contributed by atoms with van der Waals surface area (Å²) in [5, 5.41) is 3.20. The van der Waals surface area contributed by atoms with Gasteiger partial charge in [-0.15, -0.1) is 0 Å². The number of ether oxygens (including phenoxy) is 1. The molecule has 1 fully saturated rings. The Kier molecular flexibility index (Phi) is 4.98. The van der Waals surface area contributed by atoms with Crippen molar-refractivity contribution < 1.29 is 9.53 Å². The van der Waals surface area contributed by atoms with Crippen LogP contribution in [-0.4, -0.2) is 43.1 Å². The second-order valence-electron chi connectivity index (χ2n) is 6.36. The highest BCUT2D eigenvalue weighted by Gasteiger charge is 2.21. The molecule has 2 aliphatic rings. The molecule has 2 heterocycles. The van der Waals surface area contributed by atoms with Crippen molar-refractivity contribution in [2.24, 2.45) is 0 Å². The number of nitrogens with zero attached hydrogens (tertiary/aromatic N) is 1. The zero-order valence-electron chi connectivity index (χ0n) is 13.4. The topological polar surface area (TPSA) is 41.6 Å². The number of rotatable bonds is 5. The van der Waals surface area contributed by atoms with Crippen molar-refractivity contribution in [2.45, 2.75) is 45.1 Å². The van der Waals surface area contributed by atoms with Crippen LogP contribution in [0.1, 0.15) is 48.5 Å². The zero-order chi connectivity index (χ0) is 15.4. The van der Waals surface area contributed by atoms with Crippen molar-refractivity contribution >= 4 is 5.91 Å². The summed E-state index contributed by atoms with van der Waals surface area (Å²) < 4.78 is 5.49. The summed E-state index contributed by atoms with van der Waals surface area (Å²) >= 11 is 0. The third kappa shape index (κ3) is 3.61. The molecule has 1 amide bonds. The monoisotopic (exact) mass is 302 g/mol. The predicted octanol–water partition coefficient (Wildman–Crippen LogP) is 2.62. The van der Waals surface area contributed by atoms with Gasteiger partial charge in [0.2, 0.25) is 0 Å². The minimum Gasteiger partial charge on any atom is -0.493 e. The Labute approximate surface area is 132 Å². The maximum Gasteiger partial charge on any atom is 0.251 e. The van der Waals surface area contributed by atoms with Crippen LogP contribution < -0.4 is 10.1 Å². The molecule has 0 atom stereocenters. The zero-order valence-corrected chi connectivity index (χ0v) is 13.4. The summed E-state index contributed by atoms with van der Waals surface area (Å²) in [6.45, 7) is 6.36. The lowest BCUT2D eigenvalue weighted by Crippen LogP contribution is -2.44. The molecule has 0 saturated carbocycles. The Morgan fingerprint density at radius 2 is 2.18 bits per heavy atom. The molecule has 0 radical (unpaired) electrons. The van der Waals surface area contributed by atoms with Gasteiger partial charge in [0, 0.05) is 31.1 Å². The van der Waals surface area contributed by atoms with Gasteiger partial charge in [-0.1, -0.05) is 13.3 Å². The van der Waals surface area contributed by atoms with Crippen molar-refractivity contribution in [3.8, 4) is 5.75 Å². The smallest absolute Gasteiger partial charge is 0.251 e. The van der Waals surface area contributed by atoms with Crippen LogP contribution in [0.2, 0.25) is 0 Å². The third-order valence-corrected chi connectivity index (χ3v) is 4.70. The van der Waals surface area contributed by atoms with Gasteiger partial charge in [0.25, 0.3) is 5.91 Å². The van der Waals surface area contributed by atoms with Gasteiger partial charge in [-0.05, 0) is 49.6 Å². The molecule has 4 heteroatoms. The number of fused-ring (bicyclic) bond motifs is 1. The quantitative estimate of drug-likeness (QED) is 0.909. The van der Waals surface area contributed by atoms with E-state index in [4.69, 9.17) is 4.74 Å². The van der Waals surface area contributed by atoms with Crippen LogP contribution in [0.4, 0.5) is 0 Å². The number of piperidine rings is 1. The summed E-state index contributed by atoms with van der Waals surface area (Å²) in [4.78, 5) is 14.9. The minimum absolute atomic E-state index is 0.0571. The van der Waals surface area contributed by atoms with Gasteiger partial charge in [0.1, 0.15) is 5.75 Å². The summed E-state index contributed by atoms with van der Waals surface area (Å²) in [5.74, 6) is 0.988. The van der Waals surface area contributed by atoms with Gasteiger partial charge in [0.05, 0.1) is 6.61 Å². The van der Waals surface area contributed by atoms with Crippen molar-refractivity contribution in [3.63, 3.8) is 0 Å². The van der Waals surface area contributed by atoms with Crippen LogP contribution in [0, 0.1) is 0 Å². The summed E-state index contributed by atoms with van der Waals surface area (Å²) in [6.07, 6.45) is 5.55. The van der Waals surface area contributed by atoms with E-state index in [1.165, 1.54) is 19.4 Å². The molecule has 0 aliphatic carbocycles. The largest absolute Gasteiger partial charge is 0.493 e. The van der Waals surface area contributed by atoms with Crippen molar-refractivity contribution in [3.05, 3.63) is 29.3 Å². The Balaban J connectivity index is 1.50. The molecule has 1 N–H and O–H groups in total. The van der Waals surface area contributed by atoms with E-state index in [0.717, 1.165) is 55.8 Å². The van der Waals surface area contributed by atoms with Gasteiger partial charge in [0.15, 0.2) is 0 Å². The van der Waals surface area contributed by atoms with E-state index in [9.17, 15) is 4.79 Å². The molecule has 2 aliphatic heterocycles. The normalized spacial score (nSPS) is 18.8. The number of carbonyl (C=O) groups is 1. The van der Waals surface area contributed by atoms with Gasteiger partial charge < -0.3 is 15.0 Å². The number of carbonyl (C=O) groups excluding carboxylic acids is 1. The Bertz CT molecular complexity index is 522. The standard InChI is InChI=1S/C18H26N2O2/c1-2-3-9-20-10-6-16(7-11-20)19-18(21)15-4-5-17-14(13-15)8-12-22-17/h4-5,13,16H,2-3,6-12H2,1H3,(H,19,21). The minimum atomic E-state index is 0.0571. The predicted molar refractivity (Wildman–Crippen MR) is 87.5 cm³/mol. The lowest BCUT2D eigenvalue weighted by molar-refractivity contribution is 0.0910. The average Bonchev–Trinajstić information content (AvgIpc) is 3.01. The fourth-order valence-electron chi connectivity index (χ4n) is 3.28. The van der Waals surface area contributed by atoms with Crippen LogP contribution in [0.15, 0.2) is 18.2 Å². The van der Waals surface area contributed by atoms with E-state index in [0.29, 0.717) is 6.04 Å². The van der Waals surface area contributed by atoms with E-state index in [1.807, 2.05) is 18.2 Å². The molecule has 120 valence electrons. The maximum atomic E-state index is 12.4. The van der Waals surface area contributed by atoms with Gasteiger partial charge in [-0.3, -0.25) is 4.79 Å². The van der Waals surface area contributed by atoms with Crippen molar-refractivity contribution in [1.29, 1.82) is 0 Å². The summed E-state index contributed by atoms with van der Waals surface area (Å²) in [5.41, 5.74) is 1.92. The Hall–Kier alpha value is -1.55. The van der Waals surface area contributed by atoms with Crippen LogP contribution in [0.5, 0.6) is 5.75 Å². The molecule has 4 nitrogen and oxygen atoms in total. The lowest BCUT2D eigenvalue weighted by Gasteiger charge is -2.32. The first kappa shape index (κ1) is 15.3. The lowest BCUT2D eigenvalue weighted by atomic mass is 10.0. The Morgan fingerprint density at radius 3 is 2.95 bits per heavy atom. The maximum absolute atomic E-state index is 12.4. The molecule has 1 aromatic carbocycles. The van der Waals surface area contributed by atoms with E-state index < -0.39 is 0 Å². The second kappa shape index (κ2) is 7.14. The SMILES string of the molecule is CCCCN1CCC(NC(=O)c2ccc3c(c2)CCO3)CC1. The van der Waals surface area contributed by atoms with Crippen molar-refractivity contribution in [1.82, 2.24) is 10.2 Å². The molecule has 3 rings (SSSR count). The third-order valence-electron chi connectivity index (χ3n) is 4.70. The first-order valence-electron chi connectivity index (χ1n) is 8.55. The number of unbranched alkanes of at least 4 members (excludes halogenated alkanes) is 1. The first-order chi connectivity index (χ1) is 10.8. The number of likely N-dealkylation sites (tertiary alicyclic amines) is 1. The molecule has 0 unspecified atom stereocenters. The molecule has 0 spiro atoms. The molecule has 0 aromatic heterocycles. The van der Waals surface area contributed by atoms with Crippen LogP contribution >= 0.6 is 0 Å². The van der Waals surface area contributed by atoms with Crippen LogP contribution in [0.3, 0.4) is 0 Å². The number of benzene rings is 1. The van der Waals surface area contributed by atoms with Gasteiger partial charge in [-0.25, -0.2) is 0 Å². The number of hydrogen-bond acceptors (Lipinski definition) is 3.